The number of halogens is 2. The molecule has 1 fully saturated rings. The third kappa shape index (κ3) is 2.57. The highest BCUT2D eigenvalue weighted by Crippen LogP contribution is 2.25. The van der Waals surface area contributed by atoms with Gasteiger partial charge in [0.15, 0.2) is 0 Å². The van der Waals surface area contributed by atoms with Gasteiger partial charge in [-0.2, -0.15) is 0 Å². The largest absolute Gasteiger partial charge is 0.378 e. The average Bonchev–Trinajstić information content (AvgIpc) is 2.70. The van der Waals surface area contributed by atoms with E-state index in [-0.39, 0.29) is 6.10 Å². The molecule has 0 amide bonds. The summed E-state index contributed by atoms with van der Waals surface area (Å²) in [6.45, 7) is 0.753. The van der Waals surface area contributed by atoms with E-state index < -0.39 is 17.7 Å². The first-order valence-electron chi connectivity index (χ1n) is 5.49. The SMILES string of the molecule is NC(CC1CCCO1)c1ccc(F)cc1F. The summed E-state index contributed by atoms with van der Waals surface area (Å²) in [6.07, 6.45) is 2.70. The Kier molecular flexibility index (Phi) is 3.51. The van der Waals surface area contributed by atoms with E-state index in [2.05, 4.69) is 0 Å². The molecule has 2 rings (SSSR count). The van der Waals surface area contributed by atoms with Crippen LogP contribution >= 0.6 is 0 Å². The molecular weight excluding hydrogens is 212 g/mol. The lowest BCUT2D eigenvalue weighted by Gasteiger charge is -2.17. The van der Waals surface area contributed by atoms with Crippen LogP contribution in [0.1, 0.15) is 30.9 Å². The van der Waals surface area contributed by atoms with Crippen molar-refractivity contribution in [2.45, 2.75) is 31.4 Å². The highest BCUT2D eigenvalue weighted by atomic mass is 19.1. The van der Waals surface area contributed by atoms with Crippen LogP contribution < -0.4 is 5.73 Å². The highest BCUT2D eigenvalue weighted by molar-refractivity contribution is 5.21. The van der Waals surface area contributed by atoms with Crippen molar-refractivity contribution in [3.8, 4) is 0 Å². The summed E-state index contributed by atoms with van der Waals surface area (Å²) in [7, 11) is 0. The third-order valence-electron chi connectivity index (χ3n) is 2.90. The average molecular weight is 227 g/mol. The van der Waals surface area contributed by atoms with E-state index in [1.165, 1.54) is 12.1 Å². The van der Waals surface area contributed by atoms with Gasteiger partial charge in [0.1, 0.15) is 11.6 Å². The molecule has 0 aromatic heterocycles. The molecule has 2 atom stereocenters. The van der Waals surface area contributed by atoms with E-state index in [0.29, 0.717) is 12.0 Å². The Bertz CT molecular complexity index is 364. The summed E-state index contributed by atoms with van der Waals surface area (Å²) < 4.78 is 31.6. The van der Waals surface area contributed by atoms with Crippen LogP contribution in [0.4, 0.5) is 8.78 Å². The van der Waals surface area contributed by atoms with Crippen LogP contribution in [0.3, 0.4) is 0 Å². The van der Waals surface area contributed by atoms with E-state index in [1.54, 1.807) is 0 Å². The Morgan fingerprint density at radius 3 is 2.88 bits per heavy atom. The molecule has 1 aliphatic heterocycles. The molecule has 0 aliphatic carbocycles. The fourth-order valence-corrected chi connectivity index (χ4v) is 2.04. The topological polar surface area (TPSA) is 35.2 Å². The quantitative estimate of drug-likeness (QED) is 0.861. The van der Waals surface area contributed by atoms with Gasteiger partial charge < -0.3 is 10.5 Å². The Balaban J connectivity index is 2.04. The van der Waals surface area contributed by atoms with Crippen molar-refractivity contribution in [3.63, 3.8) is 0 Å². The zero-order chi connectivity index (χ0) is 11.5. The van der Waals surface area contributed by atoms with Gasteiger partial charge >= 0.3 is 0 Å². The standard InChI is InChI=1S/C12H15F2NO/c13-8-3-4-10(11(14)6-8)12(15)7-9-2-1-5-16-9/h3-4,6,9,12H,1-2,5,7,15H2. The fourth-order valence-electron chi connectivity index (χ4n) is 2.04. The van der Waals surface area contributed by atoms with Gasteiger partial charge in [0.2, 0.25) is 0 Å². The minimum absolute atomic E-state index is 0.111. The lowest BCUT2D eigenvalue weighted by molar-refractivity contribution is 0.0980. The summed E-state index contributed by atoms with van der Waals surface area (Å²) in [5.41, 5.74) is 6.24. The van der Waals surface area contributed by atoms with Gasteiger partial charge in [-0.15, -0.1) is 0 Å². The minimum Gasteiger partial charge on any atom is -0.378 e. The maximum atomic E-state index is 13.4. The van der Waals surface area contributed by atoms with Gasteiger partial charge in [0, 0.05) is 24.3 Å². The van der Waals surface area contributed by atoms with Gasteiger partial charge in [-0.25, -0.2) is 8.78 Å². The van der Waals surface area contributed by atoms with Crippen molar-refractivity contribution in [1.29, 1.82) is 0 Å². The molecule has 1 aromatic carbocycles. The second-order valence-electron chi connectivity index (χ2n) is 4.14. The molecule has 16 heavy (non-hydrogen) atoms. The van der Waals surface area contributed by atoms with Crippen LogP contribution in [0.15, 0.2) is 18.2 Å². The van der Waals surface area contributed by atoms with Crippen LogP contribution in [-0.4, -0.2) is 12.7 Å². The van der Waals surface area contributed by atoms with Crippen LogP contribution in [-0.2, 0) is 4.74 Å². The van der Waals surface area contributed by atoms with E-state index >= 15 is 0 Å². The number of ether oxygens (including phenoxy) is 1. The van der Waals surface area contributed by atoms with Crippen LogP contribution in [0.5, 0.6) is 0 Å². The molecule has 4 heteroatoms. The zero-order valence-electron chi connectivity index (χ0n) is 8.96. The molecule has 1 aliphatic rings. The van der Waals surface area contributed by atoms with Gasteiger partial charge in [-0.05, 0) is 25.3 Å². The van der Waals surface area contributed by atoms with Gasteiger partial charge in [0.05, 0.1) is 6.10 Å². The molecule has 88 valence electrons. The second-order valence-corrected chi connectivity index (χ2v) is 4.14. The number of hydrogen-bond acceptors (Lipinski definition) is 2. The van der Waals surface area contributed by atoms with Gasteiger partial charge in [-0.3, -0.25) is 0 Å². The normalized spacial score (nSPS) is 22.3. The first-order valence-corrected chi connectivity index (χ1v) is 5.49. The molecule has 0 saturated carbocycles. The second kappa shape index (κ2) is 4.89. The van der Waals surface area contributed by atoms with Crippen molar-refractivity contribution in [2.24, 2.45) is 5.73 Å². The monoisotopic (exact) mass is 227 g/mol. The van der Waals surface area contributed by atoms with E-state index in [0.717, 1.165) is 25.5 Å². The number of benzene rings is 1. The molecule has 2 N–H and O–H groups in total. The van der Waals surface area contributed by atoms with Crippen molar-refractivity contribution in [3.05, 3.63) is 35.4 Å². The summed E-state index contributed by atoms with van der Waals surface area (Å²) in [4.78, 5) is 0. The van der Waals surface area contributed by atoms with Gasteiger partial charge in [0.25, 0.3) is 0 Å². The minimum atomic E-state index is -0.578. The summed E-state index contributed by atoms with van der Waals surface area (Å²) in [5.74, 6) is -1.16. The highest BCUT2D eigenvalue weighted by Gasteiger charge is 2.21. The molecular formula is C12H15F2NO. The van der Waals surface area contributed by atoms with Crippen LogP contribution in [0.25, 0.3) is 0 Å². The molecule has 1 heterocycles. The van der Waals surface area contributed by atoms with Crippen molar-refractivity contribution in [2.75, 3.05) is 6.61 Å². The van der Waals surface area contributed by atoms with Crippen molar-refractivity contribution < 1.29 is 13.5 Å². The van der Waals surface area contributed by atoms with Gasteiger partial charge in [-0.1, -0.05) is 6.07 Å². The molecule has 1 aromatic rings. The number of nitrogens with two attached hydrogens (primary N) is 1. The number of hydrogen-bond donors (Lipinski definition) is 1. The maximum Gasteiger partial charge on any atom is 0.130 e. The lowest BCUT2D eigenvalue weighted by atomic mass is 9.99. The molecule has 0 radical (unpaired) electrons. The summed E-state index contributed by atoms with van der Waals surface area (Å²) in [5, 5.41) is 0. The lowest BCUT2D eigenvalue weighted by Crippen LogP contribution is -2.19. The van der Waals surface area contributed by atoms with Crippen LogP contribution in [0, 0.1) is 11.6 Å². The molecule has 0 spiro atoms. The molecule has 0 bridgehead atoms. The predicted molar refractivity (Wildman–Crippen MR) is 56.9 cm³/mol. The maximum absolute atomic E-state index is 13.4. The van der Waals surface area contributed by atoms with E-state index in [1.807, 2.05) is 0 Å². The number of rotatable bonds is 3. The smallest absolute Gasteiger partial charge is 0.130 e. The predicted octanol–water partition coefficient (Wildman–Crippen LogP) is 2.53. The first kappa shape index (κ1) is 11.5. The van der Waals surface area contributed by atoms with Crippen molar-refractivity contribution in [1.82, 2.24) is 0 Å². The first-order chi connectivity index (χ1) is 7.66. The zero-order valence-corrected chi connectivity index (χ0v) is 8.96. The van der Waals surface area contributed by atoms with E-state index in [4.69, 9.17) is 10.5 Å². The Hall–Kier alpha value is -1.00. The Morgan fingerprint density at radius 1 is 1.44 bits per heavy atom. The van der Waals surface area contributed by atoms with Crippen molar-refractivity contribution >= 4 is 0 Å². The van der Waals surface area contributed by atoms with E-state index in [9.17, 15) is 8.78 Å². The van der Waals surface area contributed by atoms with Crippen LogP contribution in [0.2, 0.25) is 0 Å². The Labute approximate surface area is 93.4 Å². The molecule has 2 nitrogen and oxygen atoms in total. The fraction of sp³-hybridized carbons (Fsp3) is 0.500. The third-order valence-corrected chi connectivity index (χ3v) is 2.90. The summed E-state index contributed by atoms with van der Waals surface area (Å²) in [6, 6.07) is 3.08. The molecule has 1 saturated heterocycles. The Morgan fingerprint density at radius 2 is 2.25 bits per heavy atom. The molecule has 2 unspecified atom stereocenters. The summed E-state index contributed by atoms with van der Waals surface area (Å²) >= 11 is 0.